The quantitative estimate of drug-likeness (QED) is 0.841. The maximum atomic E-state index is 12.5. The van der Waals surface area contributed by atoms with Gasteiger partial charge in [0.2, 0.25) is 5.91 Å². The van der Waals surface area contributed by atoms with Crippen molar-refractivity contribution in [3.05, 3.63) is 29.3 Å². The standard InChI is InChI=1S/C13H16ClNO3S/c1-10(16)15-8-6-11(7-9-15)19(17,18)13-5-3-2-4-12(13)14/h2-5,11H,6-9H2,1H3. The van der Waals surface area contributed by atoms with Gasteiger partial charge in [-0.25, -0.2) is 8.42 Å². The predicted molar refractivity (Wildman–Crippen MR) is 73.9 cm³/mol. The van der Waals surface area contributed by atoms with Crippen LogP contribution >= 0.6 is 11.6 Å². The van der Waals surface area contributed by atoms with Crippen LogP contribution in [0.2, 0.25) is 5.02 Å². The number of nitrogens with zero attached hydrogens (tertiary/aromatic N) is 1. The topological polar surface area (TPSA) is 54.5 Å². The Hall–Kier alpha value is -1.07. The molecule has 6 heteroatoms. The number of amides is 1. The molecule has 104 valence electrons. The lowest BCUT2D eigenvalue weighted by Gasteiger charge is -2.31. The number of carbonyl (C=O) groups is 1. The molecule has 0 radical (unpaired) electrons. The van der Waals surface area contributed by atoms with E-state index < -0.39 is 15.1 Å². The molecule has 1 aliphatic heterocycles. The molecule has 0 aliphatic carbocycles. The zero-order valence-electron chi connectivity index (χ0n) is 10.7. The fourth-order valence-corrected chi connectivity index (χ4v) is 4.59. The predicted octanol–water partition coefficient (Wildman–Crippen LogP) is 2.12. The van der Waals surface area contributed by atoms with Gasteiger partial charge in [0, 0.05) is 20.0 Å². The summed E-state index contributed by atoms with van der Waals surface area (Å²) in [6, 6.07) is 6.50. The summed E-state index contributed by atoms with van der Waals surface area (Å²) in [6.45, 7) is 2.48. The van der Waals surface area contributed by atoms with E-state index >= 15 is 0 Å². The Morgan fingerprint density at radius 1 is 1.26 bits per heavy atom. The fourth-order valence-electron chi connectivity index (χ4n) is 2.34. The first-order chi connectivity index (χ1) is 8.93. The smallest absolute Gasteiger partial charge is 0.219 e. The summed E-state index contributed by atoms with van der Waals surface area (Å²) < 4.78 is 25.0. The Kier molecular flexibility index (Phi) is 4.16. The van der Waals surface area contributed by atoms with Gasteiger partial charge in [-0.2, -0.15) is 0 Å². The third kappa shape index (κ3) is 2.92. The van der Waals surface area contributed by atoms with Gasteiger partial charge in [0.1, 0.15) is 0 Å². The van der Waals surface area contributed by atoms with Crippen LogP contribution in [-0.4, -0.2) is 37.6 Å². The van der Waals surface area contributed by atoms with Crippen molar-refractivity contribution in [3.63, 3.8) is 0 Å². The first kappa shape index (κ1) is 14.3. The van der Waals surface area contributed by atoms with E-state index in [1.54, 1.807) is 23.1 Å². The second-order valence-electron chi connectivity index (χ2n) is 4.68. The summed E-state index contributed by atoms with van der Waals surface area (Å²) in [5, 5.41) is -0.195. The lowest BCUT2D eigenvalue weighted by Crippen LogP contribution is -2.41. The second-order valence-corrected chi connectivity index (χ2v) is 7.28. The van der Waals surface area contributed by atoms with Crippen LogP contribution in [0.5, 0.6) is 0 Å². The minimum Gasteiger partial charge on any atom is -0.343 e. The Morgan fingerprint density at radius 3 is 2.37 bits per heavy atom. The first-order valence-electron chi connectivity index (χ1n) is 6.17. The molecule has 4 nitrogen and oxygen atoms in total. The number of benzene rings is 1. The molecule has 0 bridgehead atoms. The zero-order valence-corrected chi connectivity index (χ0v) is 12.2. The summed E-state index contributed by atoms with van der Waals surface area (Å²) in [7, 11) is -3.41. The number of piperidine rings is 1. The number of hydrogen-bond acceptors (Lipinski definition) is 3. The lowest BCUT2D eigenvalue weighted by atomic mass is 10.1. The lowest BCUT2D eigenvalue weighted by molar-refractivity contribution is -0.129. The Morgan fingerprint density at radius 2 is 1.84 bits per heavy atom. The molecule has 1 aliphatic rings. The van der Waals surface area contributed by atoms with Crippen LogP contribution in [0.15, 0.2) is 29.2 Å². The molecule has 0 atom stereocenters. The van der Waals surface area contributed by atoms with Gasteiger partial charge in [0.15, 0.2) is 9.84 Å². The largest absolute Gasteiger partial charge is 0.343 e. The van der Waals surface area contributed by atoms with E-state index in [9.17, 15) is 13.2 Å². The highest BCUT2D eigenvalue weighted by Crippen LogP contribution is 2.29. The van der Waals surface area contributed by atoms with Gasteiger partial charge in [-0.05, 0) is 25.0 Å². The Labute approximate surface area is 118 Å². The van der Waals surface area contributed by atoms with Crippen molar-refractivity contribution in [2.24, 2.45) is 0 Å². The van der Waals surface area contributed by atoms with Crippen molar-refractivity contribution in [2.45, 2.75) is 29.9 Å². The first-order valence-corrected chi connectivity index (χ1v) is 8.09. The van der Waals surface area contributed by atoms with Crippen LogP contribution in [0.25, 0.3) is 0 Å². The summed E-state index contributed by atoms with van der Waals surface area (Å²) in [5.41, 5.74) is 0. The molecule has 0 spiro atoms. The van der Waals surface area contributed by atoms with Crippen molar-refractivity contribution >= 4 is 27.3 Å². The van der Waals surface area contributed by atoms with Gasteiger partial charge in [0.25, 0.3) is 0 Å². The van der Waals surface area contributed by atoms with Gasteiger partial charge in [-0.15, -0.1) is 0 Å². The van der Waals surface area contributed by atoms with Crippen LogP contribution < -0.4 is 0 Å². The van der Waals surface area contributed by atoms with E-state index in [0.717, 1.165) is 0 Å². The highest BCUT2D eigenvalue weighted by molar-refractivity contribution is 7.92. The maximum absolute atomic E-state index is 12.5. The number of likely N-dealkylation sites (tertiary alicyclic amines) is 1. The van der Waals surface area contributed by atoms with Gasteiger partial charge in [-0.1, -0.05) is 23.7 Å². The molecule has 1 amide bonds. The van der Waals surface area contributed by atoms with Crippen LogP contribution in [0, 0.1) is 0 Å². The van der Waals surface area contributed by atoms with E-state index in [0.29, 0.717) is 25.9 Å². The molecule has 0 N–H and O–H groups in total. The molecule has 1 aromatic rings. The number of sulfone groups is 1. The average Bonchev–Trinajstić information content (AvgIpc) is 2.39. The molecule has 2 rings (SSSR count). The van der Waals surface area contributed by atoms with Crippen LogP contribution in [0.4, 0.5) is 0 Å². The highest BCUT2D eigenvalue weighted by Gasteiger charge is 2.32. The summed E-state index contributed by atoms with van der Waals surface area (Å²) in [5.74, 6) is -0.00593. The second kappa shape index (κ2) is 5.51. The van der Waals surface area contributed by atoms with E-state index in [2.05, 4.69) is 0 Å². The molecule has 0 saturated carbocycles. The number of carbonyl (C=O) groups excluding carboxylic acids is 1. The highest BCUT2D eigenvalue weighted by atomic mass is 35.5. The van der Waals surface area contributed by atoms with Crippen LogP contribution in [0.1, 0.15) is 19.8 Å². The minimum absolute atomic E-state index is 0.00593. The fraction of sp³-hybridized carbons (Fsp3) is 0.462. The van der Waals surface area contributed by atoms with E-state index in [4.69, 9.17) is 11.6 Å². The number of rotatable bonds is 2. The van der Waals surface area contributed by atoms with Crippen molar-refractivity contribution in [1.29, 1.82) is 0 Å². The molecule has 0 aromatic heterocycles. The third-order valence-electron chi connectivity index (χ3n) is 3.47. The maximum Gasteiger partial charge on any atom is 0.219 e. The molecule has 1 aromatic carbocycles. The van der Waals surface area contributed by atoms with Gasteiger partial charge in [-0.3, -0.25) is 4.79 Å². The minimum atomic E-state index is -3.41. The normalized spacial score (nSPS) is 17.5. The Balaban J connectivity index is 2.19. The molecular weight excluding hydrogens is 286 g/mol. The van der Waals surface area contributed by atoms with Crippen molar-refractivity contribution in [2.75, 3.05) is 13.1 Å². The molecule has 0 unspecified atom stereocenters. The molecule has 19 heavy (non-hydrogen) atoms. The van der Waals surface area contributed by atoms with Crippen LogP contribution in [-0.2, 0) is 14.6 Å². The third-order valence-corrected chi connectivity index (χ3v) is 6.23. The van der Waals surface area contributed by atoms with Crippen molar-refractivity contribution < 1.29 is 13.2 Å². The van der Waals surface area contributed by atoms with Crippen molar-refractivity contribution in [1.82, 2.24) is 4.90 Å². The monoisotopic (exact) mass is 301 g/mol. The average molecular weight is 302 g/mol. The van der Waals surface area contributed by atoms with E-state index in [1.165, 1.54) is 13.0 Å². The summed E-state index contributed by atoms with van der Waals surface area (Å²) >= 11 is 5.96. The molecule has 1 saturated heterocycles. The number of halogens is 1. The van der Waals surface area contributed by atoms with Crippen LogP contribution in [0.3, 0.4) is 0 Å². The Bertz CT molecular complexity index is 577. The number of hydrogen-bond donors (Lipinski definition) is 0. The zero-order chi connectivity index (χ0) is 14.0. The van der Waals surface area contributed by atoms with Gasteiger partial charge < -0.3 is 4.90 Å². The molecule has 1 fully saturated rings. The SMILES string of the molecule is CC(=O)N1CCC(S(=O)(=O)c2ccccc2Cl)CC1. The van der Waals surface area contributed by atoms with Gasteiger partial charge in [0.05, 0.1) is 15.2 Å². The van der Waals surface area contributed by atoms with E-state index in [1.807, 2.05) is 0 Å². The molecule has 1 heterocycles. The molecular formula is C13H16ClNO3S. The van der Waals surface area contributed by atoms with E-state index in [-0.39, 0.29) is 15.8 Å². The summed E-state index contributed by atoms with van der Waals surface area (Å²) in [4.78, 5) is 13.1. The summed E-state index contributed by atoms with van der Waals surface area (Å²) in [6.07, 6.45) is 0.931. The van der Waals surface area contributed by atoms with Gasteiger partial charge >= 0.3 is 0 Å². The van der Waals surface area contributed by atoms with Crippen molar-refractivity contribution in [3.8, 4) is 0 Å².